The van der Waals surface area contributed by atoms with Crippen LogP contribution in [0.5, 0.6) is 0 Å². The van der Waals surface area contributed by atoms with Gasteiger partial charge < -0.3 is 15.5 Å². The number of non-ortho nitro benzene ring substituents is 1. The minimum Gasteiger partial charge on any atom is -0.385 e. The summed E-state index contributed by atoms with van der Waals surface area (Å²) in [4.78, 5) is 24.0. The average molecular weight is 306 g/mol. The lowest BCUT2D eigenvalue weighted by atomic mass is 10.2. The highest BCUT2D eigenvalue weighted by atomic mass is 16.6. The quantitative estimate of drug-likeness (QED) is 0.454. The molecule has 1 aromatic carbocycles. The minimum atomic E-state index is -0.420. The zero-order valence-corrected chi connectivity index (χ0v) is 12.7. The number of hydrogen-bond acceptors (Lipinski definition) is 5. The molecule has 1 unspecified atom stereocenters. The van der Waals surface area contributed by atoms with Crippen LogP contribution in [0.3, 0.4) is 0 Å². The molecule has 22 heavy (non-hydrogen) atoms. The highest BCUT2D eigenvalue weighted by molar-refractivity contribution is 5.76. The maximum atomic E-state index is 12.1. The van der Waals surface area contributed by atoms with Crippen LogP contribution in [0, 0.1) is 10.1 Å². The molecule has 0 saturated carbocycles. The highest BCUT2D eigenvalue weighted by Crippen LogP contribution is 2.15. The lowest BCUT2D eigenvalue weighted by Crippen LogP contribution is -2.38. The maximum absolute atomic E-state index is 12.1. The van der Waals surface area contributed by atoms with Crippen LogP contribution in [0.4, 0.5) is 11.4 Å². The average Bonchev–Trinajstić information content (AvgIpc) is 3.05. The molecule has 0 radical (unpaired) electrons. The Hall–Kier alpha value is -2.15. The summed E-state index contributed by atoms with van der Waals surface area (Å²) in [5.74, 6) is 0.166. The molecule has 1 aliphatic rings. The molecule has 1 saturated heterocycles. The van der Waals surface area contributed by atoms with Gasteiger partial charge in [-0.05, 0) is 31.5 Å². The van der Waals surface area contributed by atoms with Gasteiger partial charge in [0.05, 0.1) is 4.92 Å². The van der Waals surface area contributed by atoms with Crippen molar-refractivity contribution < 1.29 is 9.72 Å². The Labute approximate surface area is 129 Å². The summed E-state index contributed by atoms with van der Waals surface area (Å²) >= 11 is 0. The number of benzene rings is 1. The predicted molar refractivity (Wildman–Crippen MR) is 84.9 cm³/mol. The van der Waals surface area contributed by atoms with Gasteiger partial charge in [-0.2, -0.15) is 0 Å². The second-order valence-corrected chi connectivity index (χ2v) is 5.49. The maximum Gasteiger partial charge on any atom is 0.269 e. The number of anilines is 1. The van der Waals surface area contributed by atoms with Crippen molar-refractivity contribution in [2.45, 2.75) is 25.3 Å². The number of amides is 1. The van der Waals surface area contributed by atoms with Crippen LogP contribution in [-0.2, 0) is 4.79 Å². The van der Waals surface area contributed by atoms with Crippen LogP contribution in [0.15, 0.2) is 24.3 Å². The molecule has 120 valence electrons. The van der Waals surface area contributed by atoms with Gasteiger partial charge in [-0.25, -0.2) is 0 Å². The fourth-order valence-electron chi connectivity index (χ4n) is 2.52. The fourth-order valence-corrected chi connectivity index (χ4v) is 2.52. The number of nitrogens with zero attached hydrogens (tertiary/aromatic N) is 2. The van der Waals surface area contributed by atoms with E-state index in [1.807, 2.05) is 11.9 Å². The molecular formula is C15H22N4O3. The van der Waals surface area contributed by atoms with Crippen LogP contribution in [-0.4, -0.2) is 48.5 Å². The molecule has 0 spiro atoms. The Kier molecular flexibility index (Phi) is 5.71. The number of hydrogen-bond donors (Lipinski definition) is 2. The first kappa shape index (κ1) is 16.2. The Balaban J connectivity index is 1.68. The van der Waals surface area contributed by atoms with Crippen molar-refractivity contribution in [1.29, 1.82) is 0 Å². The monoisotopic (exact) mass is 306 g/mol. The SMILES string of the molecule is CN(C(=O)CCCNc1ccc([N+](=O)[O-])cc1)C1CCNC1. The number of nitro benzene ring substituents is 1. The second kappa shape index (κ2) is 7.74. The summed E-state index contributed by atoms with van der Waals surface area (Å²) in [5.41, 5.74) is 0.902. The van der Waals surface area contributed by atoms with Gasteiger partial charge >= 0.3 is 0 Å². The molecule has 1 aromatic rings. The Morgan fingerprint density at radius 2 is 2.18 bits per heavy atom. The zero-order chi connectivity index (χ0) is 15.9. The van der Waals surface area contributed by atoms with Gasteiger partial charge in [0.15, 0.2) is 0 Å². The first-order valence-corrected chi connectivity index (χ1v) is 7.52. The fraction of sp³-hybridized carbons (Fsp3) is 0.533. The molecule has 1 aliphatic heterocycles. The number of rotatable bonds is 7. The van der Waals surface area contributed by atoms with Gasteiger partial charge in [0.25, 0.3) is 5.69 Å². The lowest BCUT2D eigenvalue weighted by molar-refractivity contribution is -0.384. The summed E-state index contributed by atoms with van der Waals surface area (Å²) < 4.78 is 0. The third-order valence-electron chi connectivity index (χ3n) is 3.95. The van der Waals surface area contributed by atoms with Crippen molar-refractivity contribution in [3.05, 3.63) is 34.4 Å². The molecule has 0 aliphatic carbocycles. The van der Waals surface area contributed by atoms with Crippen LogP contribution >= 0.6 is 0 Å². The predicted octanol–water partition coefficient (Wildman–Crippen LogP) is 1.61. The van der Waals surface area contributed by atoms with E-state index < -0.39 is 4.92 Å². The third kappa shape index (κ3) is 4.42. The van der Waals surface area contributed by atoms with Gasteiger partial charge in [0.1, 0.15) is 0 Å². The molecule has 0 bridgehead atoms. The second-order valence-electron chi connectivity index (χ2n) is 5.49. The van der Waals surface area contributed by atoms with Crippen LogP contribution in [0.25, 0.3) is 0 Å². The third-order valence-corrected chi connectivity index (χ3v) is 3.95. The van der Waals surface area contributed by atoms with E-state index in [1.165, 1.54) is 12.1 Å². The number of likely N-dealkylation sites (N-methyl/N-ethyl adjacent to an activating group) is 1. The number of nitrogens with one attached hydrogen (secondary N) is 2. The van der Waals surface area contributed by atoms with E-state index in [4.69, 9.17) is 0 Å². The van der Waals surface area contributed by atoms with Crippen LogP contribution < -0.4 is 10.6 Å². The normalized spacial score (nSPS) is 17.2. The molecule has 1 atom stereocenters. The van der Waals surface area contributed by atoms with Crippen LogP contribution in [0.2, 0.25) is 0 Å². The van der Waals surface area contributed by atoms with E-state index in [0.29, 0.717) is 19.0 Å². The van der Waals surface area contributed by atoms with E-state index in [1.54, 1.807) is 12.1 Å². The first-order chi connectivity index (χ1) is 10.6. The van der Waals surface area contributed by atoms with E-state index in [2.05, 4.69) is 10.6 Å². The summed E-state index contributed by atoms with van der Waals surface area (Å²) in [7, 11) is 1.86. The van der Waals surface area contributed by atoms with E-state index >= 15 is 0 Å². The molecule has 1 heterocycles. The number of carbonyl (C=O) groups excluding carboxylic acids is 1. The summed E-state index contributed by atoms with van der Waals surface area (Å²) in [6.07, 6.45) is 2.26. The Morgan fingerprint density at radius 1 is 1.45 bits per heavy atom. The molecule has 1 amide bonds. The summed E-state index contributed by atoms with van der Waals surface area (Å²) in [6.45, 7) is 2.52. The number of nitro groups is 1. The lowest BCUT2D eigenvalue weighted by Gasteiger charge is -2.23. The van der Waals surface area contributed by atoms with Gasteiger partial charge in [0, 0.05) is 50.4 Å². The smallest absolute Gasteiger partial charge is 0.269 e. The molecular weight excluding hydrogens is 284 g/mol. The summed E-state index contributed by atoms with van der Waals surface area (Å²) in [5, 5.41) is 17.0. The van der Waals surface area contributed by atoms with Crippen LogP contribution in [0.1, 0.15) is 19.3 Å². The standard InChI is InChI=1S/C15H22N4O3/c1-18(14-8-10-16-11-14)15(20)3-2-9-17-12-4-6-13(7-5-12)19(21)22/h4-7,14,16-17H,2-3,8-11H2,1H3. The molecule has 0 aromatic heterocycles. The van der Waals surface area contributed by atoms with Crippen molar-refractivity contribution in [2.75, 3.05) is 32.0 Å². The van der Waals surface area contributed by atoms with Gasteiger partial charge in [-0.3, -0.25) is 14.9 Å². The van der Waals surface area contributed by atoms with Gasteiger partial charge in [-0.1, -0.05) is 0 Å². The van der Waals surface area contributed by atoms with E-state index in [9.17, 15) is 14.9 Å². The zero-order valence-electron chi connectivity index (χ0n) is 12.7. The van der Waals surface area contributed by atoms with Gasteiger partial charge in [0.2, 0.25) is 5.91 Å². The first-order valence-electron chi connectivity index (χ1n) is 7.52. The van der Waals surface area contributed by atoms with Crippen molar-refractivity contribution in [2.24, 2.45) is 0 Å². The molecule has 7 nitrogen and oxygen atoms in total. The molecule has 2 rings (SSSR count). The molecule has 7 heteroatoms. The minimum absolute atomic E-state index is 0.0764. The summed E-state index contributed by atoms with van der Waals surface area (Å²) in [6, 6.07) is 6.60. The topological polar surface area (TPSA) is 87.5 Å². The van der Waals surface area contributed by atoms with E-state index in [0.717, 1.165) is 31.6 Å². The van der Waals surface area contributed by atoms with Gasteiger partial charge in [-0.15, -0.1) is 0 Å². The number of carbonyl (C=O) groups is 1. The Morgan fingerprint density at radius 3 is 2.77 bits per heavy atom. The van der Waals surface area contributed by atoms with Crippen molar-refractivity contribution >= 4 is 17.3 Å². The highest BCUT2D eigenvalue weighted by Gasteiger charge is 2.22. The molecule has 2 N–H and O–H groups in total. The van der Waals surface area contributed by atoms with Crippen molar-refractivity contribution in [1.82, 2.24) is 10.2 Å². The molecule has 1 fully saturated rings. The largest absolute Gasteiger partial charge is 0.385 e. The van der Waals surface area contributed by atoms with E-state index in [-0.39, 0.29) is 11.6 Å². The van der Waals surface area contributed by atoms with Crippen molar-refractivity contribution in [3.63, 3.8) is 0 Å². The van der Waals surface area contributed by atoms with Crippen molar-refractivity contribution in [3.8, 4) is 0 Å². The Bertz CT molecular complexity index is 512.